The summed E-state index contributed by atoms with van der Waals surface area (Å²) in [4.78, 5) is 14.5. The Labute approximate surface area is 65.4 Å². The fourth-order valence-electron chi connectivity index (χ4n) is 0.925. The number of carbonyl (C=O) groups is 1. The van der Waals surface area contributed by atoms with Gasteiger partial charge in [-0.25, -0.2) is 4.79 Å². The molecule has 11 heavy (non-hydrogen) atoms. The van der Waals surface area contributed by atoms with Gasteiger partial charge in [0.05, 0.1) is 12.1 Å². The van der Waals surface area contributed by atoms with Crippen LogP contribution < -0.4 is 0 Å². The summed E-state index contributed by atoms with van der Waals surface area (Å²) >= 11 is 0. The molecule has 0 saturated heterocycles. The summed E-state index contributed by atoms with van der Waals surface area (Å²) in [6, 6.07) is 0. The van der Waals surface area contributed by atoms with Crippen LogP contribution in [0.3, 0.4) is 0 Å². The number of aliphatic imine (C=N–C) groups is 1. The van der Waals surface area contributed by atoms with Crippen molar-refractivity contribution in [2.75, 3.05) is 6.54 Å². The summed E-state index contributed by atoms with van der Waals surface area (Å²) in [5, 5.41) is 8.57. The highest BCUT2D eigenvalue weighted by Gasteiger charge is 2.15. The molecule has 0 spiro atoms. The van der Waals surface area contributed by atoms with Gasteiger partial charge in [-0.15, -0.1) is 0 Å². The first-order valence-corrected chi connectivity index (χ1v) is 3.59. The van der Waals surface area contributed by atoms with Crippen LogP contribution in [0.1, 0.15) is 13.8 Å². The van der Waals surface area contributed by atoms with Gasteiger partial charge in [-0.2, -0.15) is 0 Å². The molecule has 0 fully saturated rings. The van der Waals surface area contributed by atoms with E-state index in [-0.39, 0.29) is 0 Å². The molecule has 0 saturated carbocycles. The molecule has 0 radical (unpaired) electrons. The van der Waals surface area contributed by atoms with Gasteiger partial charge in [-0.3, -0.25) is 4.99 Å². The zero-order chi connectivity index (χ0) is 8.43. The summed E-state index contributed by atoms with van der Waals surface area (Å²) in [6.07, 6.45) is 1.66. The number of allylic oxidation sites excluding steroid dienone is 1. The third kappa shape index (κ3) is 1.67. The van der Waals surface area contributed by atoms with E-state index in [0.717, 1.165) is 5.71 Å². The lowest BCUT2D eigenvalue weighted by Gasteiger charge is -1.98. The monoisotopic (exact) mass is 153 g/mol. The fourth-order valence-corrected chi connectivity index (χ4v) is 0.925. The van der Waals surface area contributed by atoms with Crippen LogP contribution in [0.25, 0.3) is 0 Å². The Hall–Kier alpha value is -1.12. The molecule has 0 bridgehead atoms. The SMILES string of the molecule is CC(C)C1=NCC(C(=O)O)=C1. The van der Waals surface area contributed by atoms with Crippen LogP contribution in [0.4, 0.5) is 0 Å². The van der Waals surface area contributed by atoms with Crippen LogP contribution in [0, 0.1) is 5.92 Å². The van der Waals surface area contributed by atoms with Crippen molar-refractivity contribution in [3.63, 3.8) is 0 Å². The highest BCUT2D eigenvalue weighted by Crippen LogP contribution is 2.10. The third-order valence-electron chi connectivity index (χ3n) is 1.62. The van der Waals surface area contributed by atoms with Crippen LogP contribution >= 0.6 is 0 Å². The van der Waals surface area contributed by atoms with Gasteiger partial charge in [-0.05, 0) is 12.0 Å². The Morgan fingerprint density at radius 1 is 1.73 bits per heavy atom. The Bertz CT molecular complexity index is 238. The predicted molar refractivity (Wildman–Crippen MR) is 42.9 cm³/mol. The van der Waals surface area contributed by atoms with Gasteiger partial charge in [0.2, 0.25) is 0 Å². The molecule has 1 aliphatic rings. The molecule has 1 aliphatic heterocycles. The molecule has 0 aromatic carbocycles. The van der Waals surface area contributed by atoms with Gasteiger partial charge in [-0.1, -0.05) is 13.8 Å². The minimum absolute atomic E-state index is 0.326. The van der Waals surface area contributed by atoms with Crippen molar-refractivity contribution in [1.29, 1.82) is 0 Å². The van der Waals surface area contributed by atoms with Gasteiger partial charge in [0.25, 0.3) is 0 Å². The van der Waals surface area contributed by atoms with Crippen molar-refractivity contribution in [2.24, 2.45) is 10.9 Å². The van der Waals surface area contributed by atoms with Gasteiger partial charge < -0.3 is 5.11 Å². The maximum atomic E-state index is 10.4. The summed E-state index contributed by atoms with van der Waals surface area (Å²) < 4.78 is 0. The van der Waals surface area contributed by atoms with E-state index < -0.39 is 5.97 Å². The van der Waals surface area contributed by atoms with E-state index in [1.54, 1.807) is 6.08 Å². The molecular weight excluding hydrogens is 142 g/mol. The van der Waals surface area contributed by atoms with Crippen molar-refractivity contribution < 1.29 is 9.90 Å². The second-order valence-electron chi connectivity index (χ2n) is 2.87. The highest BCUT2D eigenvalue weighted by molar-refractivity contribution is 6.05. The van der Waals surface area contributed by atoms with Crippen molar-refractivity contribution in [2.45, 2.75) is 13.8 Å². The number of nitrogens with zero attached hydrogens (tertiary/aromatic N) is 1. The average molecular weight is 153 g/mol. The van der Waals surface area contributed by atoms with Gasteiger partial charge in [0.1, 0.15) is 0 Å². The first kappa shape index (κ1) is 7.98. The molecule has 0 amide bonds. The van der Waals surface area contributed by atoms with Gasteiger partial charge >= 0.3 is 5.97 Å². The summed E-state index contributed by atoms with van der Waals surface area (Å²) in [6.45, 7) is 4.34. The van der Waals surface area contributed by atoms with Crippen LogP contribution in [-0.2, 0) is 4.79 Å². The smallest absolute Gasteiger partial charge is 0.333 e. The minimum atomic E-state index is -0.857. The summed E-state index contributed by atoms with van der Waals surface area (Å²) in [5.74, 6) is -0.531. The topological polar surface area (TPSA) is 49.7 Å². The molecule has 0 atom stereocenters. The van der Waals surface area contributed by atoms with Crippen molar-refractivity contribution in [1.82, 2.24) is 0 Å². The summed E-state index contributed by atoms with van der Waals surface area (Å²) in [5.41, 5.74) is 1.29. The molecule has 1 N–H and O–H groups in total. The molecule has 60 valence electrons. The second-order valence-corrected chi connectivity index (χ2v) is 2.87. The molecule has 3 heteroatoms. The second kappa shape index (κ2) is 2.86. The van der Waals surface area contributed by atoms with Crippen molar-refractivity contribution in [3.8, 4) is 0 Å². The maximum Gasteiger partial charge on any atom is 0.333 e. The standard InChI is InChI=1S/C8H11NO2/c1-5(2)7-3-6(4-9-7)8(10)11/h3,5H,4H2,1-2H3,(H,10,11). The highest BCUT2D eigenvalue weighted by atomic mass is 16.4. The molecule has 3 nitrogen and oxygen atoms in total. The lowest BCUT2D eigenvalue weighted by molar-refractivity contribution is -0.132. The molecule has 1 heterocycles. The molecule has 0 unspecified atom stereocenters. The molecule has 0 aromatic rings. The molecule has 1 rings (SSSR count). The van der Waals surface area contributed by atoms with Gasteiger partial charge in [0, 0.05) is 5.71 Å². The largest absolute Gasteiger partial charge is 0.478 e. The minimum Gasteiger partial charge on any atom is -0.478 e. The lowest BCUT2D eigenvalue weighted by Crippen LogP contribution is -2.02. The predicted octanol–water partition coefficient (Wildman–Crippen LogP) is 1.11. The van der Waals surface area contributed by atoms with E-state index in [4.69, 9.17) is 5.11 Å². The number of hydrogen-bond acceptors (Lipinski definition) is 2. The number of aliphatic carboxylic acids is 1. The van der Waals surface area contributed by atoms with Crippen molar-refractivity contribution >= 4 is 11.7 Å². The van der Waals surface area contributed by atoms with Crippen LogP contribution in [0.5, 0.6) is 0 Å². The van der Waals surface area contributed by atoms with E-state index in [0.29, 0.717) is 18.0 Å². The average Bonchev–Trinajstić information content (AvgIpc) is 2.33. The molecular formula is C8H11NO2. The lowest BCUT2D eigenvalue weighted by atomic mass is 10.1. The number of carboxylic acid groups (broad SMARTS) is 1. The third-order valence-corrected chi connectivity index (χ3v) is 1.62. The van der Waals surface area contributed by atoms with Gasteiger partial charge in [0.15, 0.2) is 0 Å². The normalized spacial score (nSPS) is 16.6. The Morgan fingerprint density at radius 3 is 2.64 bits per heavy atom. The Kier molecular flexibility index (Phi) is 2.08. The first-order chi connectivity index (χ1) is 5.11. The van der Waals surface area contributed by atoms with E-state index in [1.165, 1.54) is 0 Å². The van der Waals surface area contributed by atoms with E-state index in [2.05, 4.69) is 4.99 Å². The van der Waals surface area contributed by atoms with E-state index in [9.17, 15) is 4.79 Å². The fraction of sp³-hybridized carbons (Fsp3) is 0.500. The van der Waals surface area contributed by atoms with Crippen LogP contribution in [0.2, 0.25) is 0 Å². The first-order valence-electron chi connectivity index (χ1n) is 3.59. The number of rotatable bonds is 2. The zero-order valence-electron chi connectivity index (χ0n) is 6.66. The van der Waals surface area contributed by atoms with Crippen molar-refractivity contribution in [3.05, 3.63) is 11.6 Å². The molecule has 0 aliphatic carbocycles. The number of carboxylic acids is 1. The van der Waals surface area contributed by atoms with Crippen LogP contribution in [0.15, 0.2) is 16.6 Å². The Morgan fingerprint density at radius 2 is 2.36 bits per heavy atom. The quantitative estimate of drug-likeness (QED) is 0.646. The van der Waals surface area contributed by atoms with Crippen LogP contribution in [-0.4, -0.2) is 23.3 Å². The summed E-state index contributed by atoms with van der Waals surface area (Å²) in [7, 11) is 0. The van der Waals surface area contributed by atoms with E-state index >= 15 is 0 Å². The zero-order valence-corrected chi connectivity index (χ0v) is 6.66. The van der Waals surface area contributed by atoms with E-state index in [1.807, 2.05) is 13.8 Å². The number of hydrogen-bond donors (Lipinski definition) is 1. The molecule has 0 aromatic heterocycles. The maximum absolute atomic E-state index is 10.4. The Balaban J connectivity index is 2.71.